The van der Waals surface area contributed by atoms with E-state index in [0.717, 1.165) is 6.42 Å². The fourth-order valence-electron chi connectivity index (χ4n) is 2.10. The van der Waals surface area contributed by atoms with Gasteiger partial charge in [-0.25, -0.2) is 0 Å². The Bertz CT molecular complexity index is 363. The quantitative estimate of drug-likeness (QED) is 0.876. The van der Waals surface area contributed by atoms with E-state index in [1.54, 1.807) is 11.3 Å². The van der Waals surface area contributed by atoms with E-state index in [1.165, 1.54) is 5.56 Å². The molecule has 3 atom stereocenters. The molecule has 1 aromatic heterocycles. The number of amides is 1. The molecule has 0 aromatic carbocycles. The summed E-state index contributed by atoms with van der Waals surface area (Å²) in [4.78, 5) is 14.1. The van der Waals surface area contributed by atoms with Gasteiger partial charge >= 0.3 is 0 Å². The van der Waals surface area contributed by atoms with E-state index in [4.69, 9.17) is 0 Å². The van der Waals surface area contributed by atoms with Crippen molar-refractivity contribution in [1.82, 2.24) is 10.2 Å². The first-order valence-electron chi connectivity index (χ1n) is 5.75. The van der Waals surface area contributed by atoms with Crippen LogP contribution in [0.25, 0.3) is 0 Å². The normalized spacial score (nSPS) is 27.4. The SMILES string of the molecule is CCC(C)N1C(=O)C(C)NC1c1ccsc1. The zero-order chi connectivity index (χ0) is 11.7. The third-order valence-corrected chi connectivity index (χ3v) is 3.94. The zero-order valence-electron chi connectivity index (χ0n) is 9.93. The molecule has 1 aliphatic rings. The largest absolute Gasteiger partial charge is 0.319 e. The van der Waals surface area contributed by atoms with Gasteiger partial charge in [0.05, 0.1) is 6.04 Å². The van der Waals surface area contributed by atoms with Crippen molar-refractivity contribution >= 4 is 17.2 Å². The maximum Gasteiger partial charge on any atom is 0.241 e. The lowest BCUT2D eigenvalue weighted by molar-refractivity contribution is -0.131. The molecule has 88 valence electrons. The van der Waals surface area contributed by atoms with E-state index in [2.05, 4.69) is 36.0 Å². The summed E-state index contributed by atoms with van der Waals surface area (Å²) in [6.07, 6.45) is 1.05. The Kier molecular flexibility index (Phi) is 3.30. The summed E-state index contributed by atoms with van der Waals surface area (Å²) < 4.78 is 0. The van der Waals surface area contributed by atoms with Crippen molar-refractivity contribution in [3.8, 4) is 0 Å². The summed E-state index contributed by atoms with van der Waals surface area (Å²) in [6, 6.07) is 2.30. The van der Waals surface area contributed by atoms with Crippen LogP contribution in [0.5, 0.6) is 0 Å². The smallest absolute Gasteiger partial charge is 0.241 e. The molecule has 3 nitrogen and oxygen atoms in total. The Labute approximate surface area is 100 Å². The first kappa shape index (κ1) is 11.6. The maximum absolute atomic E-state index is 12.1. The lowest BCUT2D eigenvalue weighted by Crippen LogP contribution is -2.37. The molecule has 0 saturated carbocycles. The van der Waals surface area contributed by atoms with Gasteiger partial charge < -0.3 is 4.90 Å². The molecule has 0 aliphatic carbocycles. The van der Waals surface area contributed by atoms with Crippen LogP contribution in [0, 0.1) is 0 Å². The molecule has 2 rings (SSSR count). The summed E-state index contributed by atoms with van der Waals surface area (Å²) in [5, 5.41) is 7.52. The van der Waals surface area contributed by atoms with Gasteiger partial charge in [0, 0.05) is 6.04 Å². The Morgan fingerprint density at radius 2 is 2.38 bits per heavy atom. The predicted molar refractivity (Wildman–Crippen MR) is 66.3 cm³/mol. The lowest BCUT2D eigenvalue weighted by atomic mass is 10.1. The van der Waals surface area contributed by atoms with Gasteiger partial charge in [-0.15, -0.1) is 0 Å². The van der Waals surface area contributed by atoms with Crippen LogP contribution in [0.15, 0.2) is 16.8 Å². The van der Waals surface area contributed by atoms with Crippen LogP contribution in [0.3, 0.4) is 0 Å². The van der Waals surface area contributed by atoms with Crippen molar-refractivity contribution in [3.63, 3.8) is 0 Å². The molecule has 16 heavy (non-hydrogen) atoms. The topological polar surface area (TPSA) is 32.3 Å². The monoisotopic (exact) mass is 238 g/mol. The minimum Gasteiger partial charge on any atom is -0.319 e. The van der Waals surface area contributed by atoms with Gasteiger partial charge in [-0.2, -0.15) is 11.3 Å². The fourth-order valence-corrected chi connectivity index (χ4v) is 2.77. The van der Waals surface area contributed by atoms with Gasteiger partial charge in [-0.3, -0.25) is 10.1 Å². The van der Waals surface area contributed by atoms with Crippen LogP contribution in [-0.2, 0) is 4.79 Å². The number of hydrogen-bond donors (Lipinski definition) is 1. The van der Waals surface area contributed by atoms with Crippen molar-refractivity contribution in [2.75, 3.05) is 0 Å². The third-order valence-electron chi connectivity index (χ3n) is 3.24. The van der Waals surface area contributed by atoms with Crippen LogP contribution in [-0.4, -0.2) is 22.9 Å². The first-order valence-corrected chi connectivity index (χ1v) is 6.69. The Morgan fingerprint density at radius 1 is 1.62 bits per heavy atom. The van der Waals surface area contributed by atoms with Gasteiger partial charge in [0.15, 0.2) is 0 Å². The Balaban J connectivity index is 2.27. The number of thiophene rings is 1. The molecule has 4 heteroatoms. The standard InChI is InChI=1S/C12H18N2OS/c1-4-8(2)14-11(10-5-6-16-7-10)13-9(3)12(14)15/h5-9,11,13H,4H2,1-3H3. The maximum atomic E-state index is 12.1. The van der Waals surface area contributed by atoms with Crippen molar-refractivity contribution < 1.29 is 4.79 Å². The van der Waals surface area contributed by atoms with Crippen LogP contribution >= 0.6 is 11.3 Å². The van der Waals surface area contributed by atoms with Crippen molar-refractivity contribution in [2.45, 2.75) is 45.4 Å². The highest BCUT2D eigenvalue weighted by Crippen LogP contribution is 2.29. The van der Waals surface area contributed by atoms with Gasteiger partial charge in [-0.1, -0.05) is 6.92 Å². The molecular formula is C12H18N2OS. The Hall–Kier alpha value is -0.870. The molecule has 1 N–H and O–H groups in total. The molecule has 1 aromatic rings. The minimum absolute atomic E-state index is 0.0590. The van der Waals surface area contributed by atoms with Gasteiger partial charge in [0.1, 0.15) is 6.17 Å². The molecule has 0 spiro atoms. The van der Waals surface area contributed by atoms with E-state index in [9.17, 15) is 4.79 Å². The number of nitrogens with zero attached hydrogens (tertiary/aromatic N) is 1. The third kappa shape index (κ3) is 1.87. The second-order valence-corrected chi connectivity index (χ2v) is 5.13. The van der Waals surface area contributed by atoms with Crippen LogP contribution in [0.2, 0.25) is 0 Å². The lowest BCUT2D eigenvalue weighted by Gasteiger charge is -2.29. The highest BCUT2D eigenvalue weighted by Gasteiger charge is 2.39. The summed E-state index contributed by atoms with van der Waals surface area (Å²) in [5.41, 5.74) is 1.20. The van der Waals surface area contributed by atoms with E-state index in [-0.39, 0.29) is 24.2 Å². The van der Waals surface area contributed by atoms with Crippen molar-refractivity contribution in [2.24, 2.45) is 0 Å². The van der Waals surface area contributed by atoms with Crippen molar-refractivity contribution in [3.05, 3.63) is 22.4 Å². The predicted octanol–water partition coefficient (Wildman–Crippen LogP) is 2.37. The second-order valence-electron chi connectivity index (χ2n) is 4.35. The molecule has 2 heterocycles. The van der Waals surface area contributed by atoms with E-state index < -0.39 is 0 Å². The molecule has 0 radical (unpaired) electrons. The molecule has 3 unspecified atom stereocenters. The fraction of sp³-hybridized carbons (Fsp3) is 0.583. The molecule has 1 saturated heterocycles. The van der Waals surface area contributed by atoms with Gasteiger partial charge in [0.25, 0.3) is 0 Å². The minimum atomic E-state index is -0.0705. The first-order chi connectivity index (χ1) is 7.65. The highest BCUT2D eigenvalue weighted by atomic mass is 32.1. The molecule has 1 aliphatic heterocycles. The van der Waals surface area contributed by atoms with Crippen LogP contribution in [0.4, 0.5) is 0 Å². The van der Waals surface area contributed by atoms with E-state index >= 15 is 0 Å². The summed E-state index contributed by atoms with van der Waals surface area (Å²) >= 11 is 1.67. The van der Waals surface area contributed by atoms with Crippen LogP contribution in [0.1, 0.15) is 38.9 Å². The Morgan fingerprint density at radius 3 is 2.94 bits per heavy atom. The number of rotatable bonds is 3. The zero-order valence-corrected chi connectivity index (χ0v) is 10.8. The van der Waals surface area contributed by atoms with E-state index in [1.807, 2.05) is 11.8 Å². The van der Waals surface area contributed by atoms with Gasteiger partial charge in [-0.05, 0) is 42.7 Å². The van der Waals surface area contributed by atoms with Crippen LogP contribution < -0.4 is 5.32 Å². The average Bonchev–Trinajstić information content (AvgIpc) is 2.87. The highest BCUT2D eigenvalue weighted by molar-refractivity contribution is 7.07. The second kappa shape index (κ2) is 4.55. The number of carbonyl (C=O) groups is 1. The van der Waals surface area contributed by atoms with Gasteiger partial charge in [0.2, 0.25) is 5.91 Å². The number of nitrogens with one attached hydrogen (secondary N) is 1. The molecular weight excluding hydrogens is 220 g/mol. The summed E-state index contributed by atoms with van der Waals surface area (Å²) in [6.45, 7) is 6.16. The van der Waals surface area contributed by atoms with Crippen molar-refractivity contribution in [1.29, 1.82) is 0 Å². The molecule has 1 amide bonds. The van der Waals surface area contributed by atoms with E-state index in [0.29, 0.717) is 0 Å². The average molecular weight is 238 g/mol. The molecule has 0 bridgehead atoms. The summed E-state index contributed by atoms with van der Waals surface area (Å²) in [7, 11) is 0. The summed E-state index contributed by atoms with van der Waals surface area (Å²) in [5.74, 6) is 0.213. The number of hydrogen-bond acceptors (Lipinski definition) is 3. The molecule has 1 fully saturated rings. The number of carbonyl (C=O) groups excluding carboxylic acids is 1.